The number of amides is 2. The highest BCUT2D eigenvalue weighted by Crippen LogP contribution is 2.30. The van der Waals surface area contributed by atoms with Gasteiger partial charge in [0.15, 0.2) is 5.01 Å². The number of halogens is 1. The van der Waals surface area contributed by atoms with Crippen LogP contribution in [0, 0.1) is 11.8 Å². The highest BCUT2D eigenvalue weighted by molar-refractivity contribution is 7.13. The van der Waals surface area contributed by atoms with Crippen LogP contribution in [-0.2, 0) is 27.3 Å². The van der Waals surface area contributed by atoms with Crippen molar-refractivity contribution in [3.63, 3.8) is 0 Å². The van der Waals surface area contributed by atoms with Crippen LogP contribution in [0.25, 0.3) is 0 Å². The second kappa shape index (κ2) is 10.4. The molecule has 0 bridgehead atoms. The lowest BCUT2D eigenvalue weighted by Crippen LogP contribution is -2.56. The zero-order valence-corrected chi connectivity index (χ0v) is 21.8. The highest BCUT2D eigenvalue weighted by atomic mass is 35.5. The number of allylic oxidation sites excluding steroid dienone is 2. The summed E-state index contributed by atoms with van der Waals surface area (Å²) in [5.41, 5.74) is 1.46. The second-order valence-electron chi connectivity index (χ2n) is 9.81. The molecule has 3 heterocycles. The van der Waals surface area contributed by atoms with Crippen molar-refractivity contribution in [1.29, 1.82) is 0 Å². The van der Waals surface area contributed by atoms with Gasteiger partial charge in [0.1, 0.15) is 0 Å². The number of nitrogens with zero attached hydrogens (tertiary/aromatic N) is 2. The number of carbonyl (C=O) groups excluding carboxylic acids is 3. The summed E-state index contributed by atoms with van der Waals surface area (Å²) >= 11 is 7.52. The van der Waals surface area contributed by atoms with Gasteiger partial charge in [0.05, 0.1) is 36.5 Å². The summed E-state index contributed by atoms with van der Waals surface area (Å²) in [6.07, 6.45) is 9.87. The van der Waals surface area contributed by atoms with E-state index in [2.05, 4.69) is 32.9 Å². The normalized spacial score (nSPS) is 29.2. The fourth-order valence-corrected chi connectivity index (χ4v) is 6.61. The summed E-state index contributed by atoms with van der Waals surface area (Å²) in [6, 6.07) is -0.765. The second-order valence-corrected chi connectivity index (χ2v) is 11.3. The van der Waals surface area contributed by atoms with Crippen LogP contribution < -0.4 is 16.0 Å². The molecular weight excluding hydrogens is 502 g/mol. The van der Waals surface area contributed by atoms with Gasteiger partial charge in [0.25, 0.3) is 11.8 Å². The molecule has 1 aromatic rings. The highest BCUT2D eigenvalue weighted by Gasteiger charge is 2.38. The quantitative estimate of drug-likeness (QED) is 0.497. The van der Waals surface area contributed by atoms with Crippen molar-refractivity contribution < 1.29 is 19.1 Å². The van der Waals surface area contributed by atoms with Crippen LogP contribution in [-0.4, -0.2) is 66.5 Å². The van der Waals surface area contributed by atoms with Crippen molar-refractivity contribution >= 4 is 40.7 Å². The molecule has 5 atom stereocenters. The Labute approximate surface area is 219 Å². The molecule has 2 amide bonds. The Bertz CT molecular complexity index is 1160. The molecule has 0 radical (unpaired) electrons. The number of esters is 1. The molecule has 5 rings (SSSR count). The van der Waals surface area contributed by atoms with Crippen LogP contribution in [0.3, 0.4) is 0 Å². The lowest BCUT2D eigenvalue weighted by atomic mass is 9.82. The van der Waals surface area contributed by atoms with Crippen LogP contribution in [0.15, 0.2) is 35.0 Å². The molecule has 0 saturated heterocycles. The number of nitrogens with one attached hydrogen (secondary N) is 3. The van der Waals surface area contributed by atoms with Gasteiger partial charge in [-0.05, 0) is 38.5 Å². The summed E-state index contributed by atoms with van der Waals surface area (Å²) in [5, 5.41) is 10.4. The number of thiazole rings is 1. The molecule has 4 aliphatic rings. The van der Waals surface area contributed by atoms with E-state index < -0.39 is 6.04 Å². The van der Waals surface area contributed by atoms with Gasteiger partial charge in [0, 0.05) is 41.4 Å². The Kier molecular flexibility index (Phi) is 7.18. The molecule has 0 aromatic carbocycles. The first-order valence-corrected chi connectivity index (χ1v) is 13.4. The number of ether oxygens (including phenoxy) is 1. The maximum Gasteiger partial charge on any atom is 0.308 e. The van der Waals surface area contributed by atoms with E-state index in [4.69, 9.17) is 16.3 Å². The molecule has 192 valence electrons. The van der Waals surface area contributed by atoms with Gasteiger partial charge in [-0.25, -0.2) is 4.98 Å². The predicted molar refractivity (Wildman–Crippen MR) is 136 cm³/mol. The van der Waals surface area contributed by atoms with Crippen molar-refractivity contribution in [1.82, 2.24) is 25.8 Å². The first kappa shape index (κ1) is 25.0. The SMILES string of the molecule is COC(=O)[C@@H]1CC[C@H](NC(=O)C2=CC3C=C(Cl)C=CC3N2)[C@H](NC(=O)c2nc3c(s2)CN(C)CC3)C1. The molecule has 2 aliphatic carbocycles. The minimum Gasteiger partial charge on any atom is -0.469 e. The number of methoxy groups -OCH3 is 1. The van der Waals surface area contributed by atoms with Gasteiger partial charge in [-0.2, -0.15) is 0 Å². The van der Waals surface area contributed by atoms with Crippen molar-refractivity contribution in [2.75, 3.05) is 20.7 Å². The number of likely N-dealkylation sites (N-methyl/N-ethyl adjacent to an activating group) is 1. The summed E-state index contributed by atoms with van der Waals surface area (Å²) in [7, 11) is 3.42. The van der Waals surface area contributed by atoms with Crippen LogP contribution in [0.1, 0.15) is 39.6 Å². The Hall–Kier alpha value is -2.69. The molecule has 2 unspecified atom stereocenters. The summed E-state index contributed by atoms with van der Waals surface area (Å²) in [5.74, 6) is -1.14. The number of fused-ring (bicyclic) bond motifs is 2. The third kappa shape index (κ3) is 5.21. The number of rotatable bonds is 5. The molecule has 3 N–H and O–H groups in total. The summed E-state index contributed by atoms with van der Waals surface area (Å²) in [6.45, 7) is 1.70. The van der Waals surface area contributed by atoms with Crippen LogP contribution in [0.5, 0.6) is 0 Å². The van der Waals surface area contributed by atoms with E-state index >= 15 is 0 Å². The summed E-state index contributed by atoms with van der Waals surface area (Å²) < 4.78 is 4.96. The fraction of sp³-hybridized carbons (Fsp3) is 0.520. The zero-order valence-electron chi connectivity index (χ0n) is 20.3. The maximum absolute atomic E-state index is 13.2. The molecule has 1 saturated carbocycles. The molecule has 36 heavy (non-hydrogen) atoms. The topological polar surface area (TPSA) is 113 Å². The molecule has 11 heteroatoms. The van der Waals surface area contributed by atoms with Crippen molar-refractivity contribution in [2.24, 2.45) is 11.8 Å². The van der Waals surface area contributed by atoms with Gasteiger partial charge in [0.2, 0.25) is 0 Å². The Balaban J connectivity index is 1.29. The molecule has 0 spiro atoms. The number of aromatic nitrogens is 1. The average Bonchev–Trinajstić information content (AvgIpc) is 3.48. The molecular formula is C25H30ClN5O4S. The average molecular weight is 532 g/mol. The van der Waals surface area contributed by atoms with Gasteiger partial charge >= 0.3 is 5.97 Å². The fourth-order valence-electron chi connectivity index (χ4n) is 5.30. The van der Waals surface area contributed by atoms with Crippen molar-refractivity contribution in [3.8, 4) is 0 Å². The molecule has 1 aromatic heterocycles. The maximum atomic E-state index is 13.2. The van der Waals surface area contributed by atoms with Crippen molar-refractivity contribution in [3.05, 3.63) is 50.6 Å². The van der Waals surface area contributed by atoms with Gasteiger partial charge in [-0.1, -0.05) is 23.8 Å². The third-order valence-corrected chi connectivity index (χ3v) is 8.62. The zero-order chi connectivity index (χ0) is 25.4. The minimum atomic E-state index is -0.429. The van der Waals surface area contributed by atoms with E-state index in [0.29, 0.717) is 35.0 Å². The Morgan fingerprint density at radius 1 is 1.19 bits per heavy atom. The van der Waals surface area contributed by atoms with Crippen molar-refractivity contribution in [2.45, 2.75) is 50.4 Å². The smallest absolute Gasteiger partial charge is 0.308 e. The molecule has 1 fully saturated rings. The van der Waals surface area contributed by atoms with E-state index in [1.54, 1.807) is 0 Å². The van der Waals surface area contributed by atoms with E-state index in [9.17, 15) is 14.4 Å². The monoisotopic (exact) mass is 531 g/mol. The molecule has 9 nitrogen and oxygen atoms in total. The molecule has 2 aliphatic heterocycles. The minimum absolute atomic E-state index is 0.00575. The van der Waals surface area contributed by atoms with Crippen LogP contribution >= 0.6 is 22.9 Å². The standard InChI is InChI=1S/C25H30ClN5O4S/c1-31-8-7-18-21(12-31)36-24(30-18)23(33)29-19-10-13(25(34)35-2)3-5-17(19)28-22(32)20-11-14-9-15(26)4-6-16(14)27-20/h4,6,9,11,13-14,16-17,19,27H,3,5,7-8,10,12H2,1-2H3,(H,28,32)(H,29,33)/t13-,14?,16?,17+,19-/m1/s1. The number of hydrogen-bond acceptors (Lipinski definition) is 8. The Morgan fingerprint density at radius 2 is 2.00 bits per heavy atom. The third-order valence-electron chi connectivity index (χ3n) is 7.29. The number of hydrogen-bond donors (Lipinski definition) is 3. The number of carbonyl (C=O) groups is 3. The Morgan fingerprint density at radius 3 is 2.81 bits per heavy atom. The summed E-state index contributed by atoms with van der Waals surface area (Å²) in [4.78, 5) is 46.5. The first-order chi connectivity index (χ1) is 17.3. The lowest BCUT2D eigenvalue weighted by Gasteiger charge is -2.36. The van der Waals surface area contributed by atoms with Gasteiger partial charge in [-0.15, -0.1) is 11.3 Å². The van der Waals surface area contributed by atoms with E-state index in [1.807, 2.05) is 24.3 Å². The largest absolute Gasteiger partial charge is 0.469 e. The predicted octanol–water partition coefficient (Wildman–Crippen LogP) is 1.85. The van der Waals surface area contributed by atoms with Gasteiger partial charge in [-0.3, -0.25) is 14.4 Å². The van der Waals surface area contributed by atoms with Gasteiger partial charge < -0.3 is 25.6 Å². The first-order valence-electron chi connectivity index (χ1n) is 12.2. The lowest BCUT2D eigenvalue weighted by molar-refractivity contribution is -0.147. The van der Waals surface area contributed by atoms with Crippen LogP contribution in [0.2, 0.25) is 0 Å². The van der Waals surface area contributed by atoms with Crippen LogP contribution in [0.4, 0.5) is 0 Å². The van der Waals surface area contributed by atoms with E-state index in [0.717, 1.165) is 30.1 Å². The van der Waals surface area contributed by atoms with E-state index in [-0.39, 0.29) is 41.7 Å². The van der Waals surface area contributed by atoms with E-state index in [1.165, 1.54) is 18.4 Å².